The monoisotopic (exact) mass is 281 g/mol. The lowest BCUT2D eigenvalue weighted by Crippen LogP contribution is -2.05. The summed E-state index contributed by atoms with van der Waals surface area (Å²) < 4.78 is 29.3. The summed E-state index contributed by atoms with van der Waals surface area (Å²) in [5.41, 5.74) is -0.963. The lowest BCUT2D eigenvalue weighted by atomic mass is 10.2. The minimum atomic E-state index is -2.83. The molecule has 0 bridgehead atoms. The first-order valence-electron chi connectivity index (χ1n) is 3.73. The number of aromatic carboxylic acids is 1. The minimum Gasteiger partial charge on any atom is -0.493 e. The average Bonchev–Trinajstić information content (AvgIpc) is 2.16. The van der Waals surface area contributed by atoms with Crippen molar-refractivity contribution in [2.45, 2.75) is 6.43 Å². The maximum absolute atomic E-state index is 12.3. The second-order valence-electron chi connectivity index (χ2n) is 2.52. The summed E-state index contributed by atoms with van der Waals surface area (Å²) in [6.07, 6.45) is -2.83. The molecule has 0 atom stereocenters. The number of ether oxygens (including phenoxy) is 1. The van der Waals surface area contributed by atoms with Gasteiger partial charge in [0.05, 0.1) is 7.11 Å². The number of carboxylic acid groups (broad SMARTS) is 1. The highest BCUT2D eigenvalue weighted by Gasteiger charge is 2.20. The molecule has 1 heterocycles. The summed E-state index contributed by atoms with van der Waals surface area (Å²) in [5, 5.41) is 8.75. The first-order chi connectivity index (χ1) is 6.97. The molecule has 0 fully saturated rings. The standard InChI is InChI=1S/C8H6BrF2NO3/c1-15-5-3(8(13)14)2-4(7(10)11)12-6(5)9/h2,7H,1H3,(H,13,14). The predicted molar refractivity (Wildman–Crippen MR) is 50.4 cm³/mol. The van der Waals surface area contributed by atoms with Gasteiger partial charge in [0.2, 0.25) is 0 Å². The van der Waals surface area contributed by atoms with Crippen molar-refractivity contribution in [3.05, 3.63) is 21.9 Å². The van der Waals surface area contributed by atoms with E-state index < -0.39 is 18.1 Å². The summed E-state index contributed by atoms with van der Waals surface area (Å²) in [4.78, 5) is 14.2. The summed E-state index contributed by atoms with van der Waals surface area (Å²) in [6, 6.07) is 0.788. The molecule has 1 N–H and O–H groups in total. The van der Waals surface area contributed by atoms with Crippen molar-refractivity contribution >= 4 is 21.9 Å². The van der Waals surface area contributed by atoms with E-state index in [0.717, 1.165) is 6.07 Å². The van der Waals surface area contributed by atoms with Crippen LogP contribution in [0.1, 0.15) is 22.5 Å². The smallest absolute Gasteiger partial charge is 0.339 e. The number of hydrogen-bond donors (Lipinski definition) is 1. The fraction of sp³-hybridized carbons (Fsp3) is 0.250. The number of alkyl halides is 2. The third-order valence-electron chi connectivity index (χ3n) is 1.61. The van der Waals surface area contributed by atoms with Crippen LogP contribution in [0.3, 0.4) is 0 Å². The maximum atomic E-state index is 12.3. The highest BCUT2D eigenvalue weighted by molar-refractivity contribution is 9.10. The fourth-order valence-electron chi connectivity index (χ4n) is 0.986. The van der Waals surface area contributed by atoms with Gasteiger partial charge in [-0.25, -0.2) is 18.6 Å². The number of carbonyl (C=O) groups is 1. The molecular weight excluding hydrogens is 276 g/mol. The number of carboxylic acids is 1. The van der Waals surface area contributed by atoms with E-state index in [9.17, 15) is 13.6 Å². The Morgan fingerprint density at radius 2 is 2.27 bits per heavy atom. The van der Waals surface area contributed by atoms with Crippen molar-refractivity contribution in [1.82, 2.24) is 4.98 Å². The Kier molecular flexibility index (Phi) is 3.57. The molecular formula is C8H6BrF2NO3. The van der Waals surface area contributed by atoms with Crippen LogP contribution < -0.4 is 4.74 Å². The first-order valence-corrected chi connectivity index (χ1v) is 4.52. The largest absolute Gasteiger partial charge is 0.493 e. The van der Waals surface area contributed by atoms with Crippen molar-refractivity contribution in [2.75, 3.05) is 7.11 Å². The zero-order chi connectivity index (χ0) is 11.6. The van der Waals surface area contributed by atoms with Crippen LogP contribution in [0.2, 0.25) is 0 Å². The molecule has 0 aromatic carbocycles. The van der Waals surface area contributed by atoms with Gasteiger partial charge in [-0.2, -0.15) is 0 Å². The molecule has 15 heavy (non-hydrogen) atoms. The molecule has 0 radical (unpaired) electrons. The highest BCUT2D eigenvalue weighted by Crippen LogP contribution is 2.30. The lowest BCUT2D eigenvalue weighted by Gasteiger charge is -2.08. The van der Waals surface area contributed by atoms with E-state index in [2.05, 4.69) is 20.9 Å². The molecule has 0 unspecified atom stereocenters. The Morgan fingerprint density at radius 1 is 1.67 bits per heavy atom. The second kappa shape index (κ2) is 4.52. The molecule has 1 rings (SSSR count). The molecule has 0 spiro atoms. The summed E-state index contributed by atoms with van der Waals surface area (Å²) in [5.74, 6) is -1.43. The van der Waals surface area contributed by atoms with Gasteiger partial charge in [0.15, 0.2) is 5.75 Å². The van der Waals surface area contributed by atoms with Gasteiger partial charge < -0.3 is 9.84 Å². The van der Waals surface area contributed by atoms with E-state index in [0.29, 0.717) is 0 Å². The van der Waals surface area contributed by atoms with E-state index >= 15 is 0 Å². The van der Waals surface area contributed by atoms with Crippen molar-refractivity contribution in [2.24, 2.45) is 0 Å². The number of pyridine rings is 1. The van der Waals surface area contributed by atoms with Gasteiger partial charge in [0.25, 0.3) is 6.43 Å². The van der Waals surface area contributed by atoms with Crippen LogP contribution in [0.15, 0.2) is 10.7 Å². The van der Waals surface area contributed by atoms with Gasteiger partial charge in [-0.3, -0.25) is 0 Å². The molecule has 7 heteroatoms. The number of methoxy groups -OCH3 is 1. The van der Waals surface area contributed by atoms with Crippen LogP contribution in [0.25, 0.3) is 0 Å². The molecule has 0 aliphatic heterocycles. The summed E-state index contributed by atoms with van der Waals surface area (Å²) in [6.45, 7) is 0. The van der Waals surface area contributed by atoms with Gasteiger partial charge in [0, 0.05) is 0 Å². The van der Waals surface area contributed by atoms with Crippen molar-refractivity contribution in [1.29, 1.82) is 0 Å². The van der Waals surface area contributed by atoms with E-state index in [1.54, 1.807) is 0 Å². The molecule has 0 aliphatic carbocycles. The maximum Gasteiger partial charge on any atom is 0.339 e. The summed E-state index contributed by atoms with van der Waals surface area (Å²) >= 11 is 2.86. The normalized spacial score (nSPS) is 10.5. The Hall–Kier alpha value is -1.24. The Labute approximate surface area is 92.0 Å². The number of hydrogen-bond acceptors (Lipinski definition) is 3. The number of halogens is 3. The molecule has 1 aromatic rings. The van der Waals surface area contributed by atoms with Crippen molar-refractivity contribution in [3.8, 4) is 5.75 Å². The van der Waals surface area contributed by atoms with Gasteiger partial charge in [0.1, 0.15) is 15.9 Å². The first kappa shape index (κ1) is 11.8. The molecule has 0 amide bonds. The van der Waals surface area contributed by atoms with Crippen molar-refractivity contribution in [3.63, 3.8) is 0 Å². The Morgan fingerprint density at radius 3 is 2.67 bits per heavy atom. The molecule has 82 valence electrons. The molecule has 1 aromatic heterocycles. The van der Waals surface area contributed by atoms with E-state index in [-0.39, 0.29) is 15.9 Å². The summed E-state index contributed by atoms with van der Waals surface area (Å²) in [7, 11) is 1.23. The third kappa shape index (κ3) is 2.41. The second-order valence-corrected chi connectivity index (χ2v) is 3.28. The number of nitrogens with zero attached hydrogens (tertiary/aromatic N) is 1. The Bertz CT molecular complexity index is 398. The molecule has 0 aliphatic rings. The van der Waals surface area contributed by atoms with E-state index in [1.165, 1.54) is 7.11 Å². The lowest BCUT2D eigenvalue weighted by molar-refractivity contribution is 0.0692. The molecule has 4 nitrogen and oxygen atoms in total. The SMILES string of the molecule is COc1c(C(=O)O)cc(C(F)F)nc1Br. The third-order valence-corrected chi connectivity index (χ3v) is 2.15. The van der Waals surface area contributed by atoms with Crippen LogP contribution in [-0.2, 0) is 0 Å². The number of rotatable bonds is 3. The van der Waals surface area contributed by atoms with Crippen molar-refractivity contribution < 1.29 is 23.4 Å². The van der Waals surface area contributed by atoms with Crippen LogP contribution in [0.5, 0.6) is 5.75 Å². The number of aromatic nitrogens is 1. The van der Waals surface area contributed by atoms with Gasteiger partial charge >= 0.3 is 5.97 Å². The zero-order valence-electron chi connectivity index (χ0n) is 7.50. The quantitative estimate of drug-likeness (QED) is 0.865. The van der Waals surface area contributed by atoms with E-state index in [1.807, 2.05) is 0 Å². The van der Waals surface area contributed by atoms with Crippen LogP contribution >= 0.6 is 15.9 Å². The van der Waals surface area contributed by atoms with Crippen LogP contribution in [-0.4, -0.2) is 23.2 Å². The molecule has 0 saturated heterocycles. The van der Waals surface area contributed by atoms with Crippen LogP contribution in [0.4, 0.5) is 8.78 Å². The van der Waals surface area contributed by atoms with E-state index in [4.69, 9.17) is 9.84 Å². The molecule has 0 saturated carbocycles. The minimum absolute atomic E-state index is 0.0554. The zero-order valence-corrected chi connectivity index (χ0v) is 9.09. The topological polar surface area (TPSA) is 59.4 Å². The average molecular weight is 282 g/mol. The van der Waals surface area contributed by atoms with Crippen LogP contribution in [0, 0.1) is 0 Å². The fourth-order valence-corrected chi connectivity index (χ4v) is 1.57. The van der Waals surface area contributed by atoms with Gasteiger partial charge in [-0.15, -0.1) is 0 Å². The predicted octanol–water partition coefficient (Wildman–Crippen LogP) is 2.49. The van der Waals surface area contributed by atoms with Gasteiger partial charge in [-0.05, 0) is 22.0 Å². The van der Waals surface area contributed by atoms with Gasteiger partial charge in [-0.1, -0.05) is 0 Å². The Balaban J connectivity index is 3.38. The highest BCUT2D eigenvalue weighted by atomic mass is 79.9.